The van der Waals surface area contributed by atoms with Crippen LogP contribution in [0.5, 0.6) is 5.75 Å². The minimum Gasteiger partial charge on any atom is -0.497 e. The van der Waals surface area contributed by atoms with Gasteiger partial charge in [-0.15, -0.1) is 0 Å². The van der Waals surface area contributed by atoms with Gasteiger partial charge < -0.3 is 10.5 Å². The van der Waals surface area contributed by atoms with Gasteiger partial charge in [-0.25, -0.2) is 4.39 Å². The molecule has 0 heterocycles. The molecule has 0 aromatic heterocycles. The van der Waals surface area contributed by atoms with E-state index in [2.05, 4.69) is 0 Å². The van der Waals surface area contributed by atoms with Crippen molar-refractivity contribution < 1.29 is 9.13 Å². The highest BCUT2D eigenvalue weighted by Crippen LogP contribution is 2.29. The first kappa shape index (κ1) is 10.3. The van der Waals surface area contributed by atoms with Crippen molar-refractivity contribution in [2.24, 2.45) is 5.73 Å². The van der Waals surface area contributed by atoms with Crippen molar-refractivity contribution in [3.05, 3.63) is 28.5 Å². The van der Waals surface area contributed by atoms with Crippen LogP contribution >= 0.6 is 11.6 Å². The first-order chi connectivity index (χ1) is 6.06. The third-order valence-electron chi connectivity index (χ3n) is 1.74. The van der Waals surface area contributed by atoms with Gasteiger partial charge in [-0.3, -0.25) is 0 Å². The van der Waals surface area contributed by atoms with E-state index >= 15 is 0 Å². The summed E-state index contributed by atoms with van der Waals surface area (Å²) in [6.45, 7) is 1.68. The SMILES string of the molecule is COc1cc(F)c(C(C)N)c(Cl)c1. The molecule has 1 unspecified atom stereocenters. The van der Waals surface area contributed by atoms with E-state index in [1.54, 1.807) is 13.0 Å². The lowest BCUT2D eigenvalue weighted by atomic mass is 10.1. The molecule has 0 saturated heterocycles. The molecule has 0 bridgehead atoms. The van der Waals surface area contributed by atoms with Crippen molar-refractivity contribution in [1.29, 1.82) is 0 Å². The average molecular weight is 204 g/mol. The number of hydrogen-bond donors (Lipinski definition) is 1. The van der Waals surface area contributed by atoms with Gasteiger partial charge in [0.05, 0.1) is 12.1 Å². The average Bonchev–Trinajstić information content (AvgIpc) is 2.02. The van der Waals surface area contributed by atoms with Gasteiger partial charge in [-0.2, -0.15) is 0 Å². The summed E-state index contributed by atoms with van der Waals surface area (Å²) in [6, 6.07) is 2.40. The number of ether oxygens (including phenoxy) is 1. The maximum Gasteiger partial charge on any atom is 0.133 e. The molecule has 0 spiro atoms. The van der Waals surface area contributed by atoms with Crippen molar-refractivity contribution in [2.45, 2.75) is 13.0 Å². The molecular formula is C9H11ClFNO. The second-order valence-electron chi connectivity index (χ2n) is 2.79. The highest BCUT2D eigenvalue weighted by molar-refractivity contribution is 6.31. The van der Waals surface area contributed by atoms with Crippen LogP contribution in [0.15, 0.2) is 12.1 Å². The van der Waals surface area contributed by atoms with Crippen molar-refractivity contribution >= 4 is 11.6 Å². The predicted molar refractivity (Wildman–Crippen MR) is 50.6 cm³/mol. The van der Waals surface area contributed by atoms with Crippen molar-refractivity contribution in [3.63, 3.8) is 0 Å². The van der Waals surface area contributed by atoms with Gasteiger partial charge in [0.2, 0.25) is 0 Å². The number of hydrogen-bond acceptors (Lipinski definition) is 2. The molecule has 0 radical (unpaired) electrons. The highest BCUT2D eigenvalue weighted by Gasteiger charge is 2.13. The van der Waals surface area contributed by atoms with Crippen LogP contribution in [0, 0.1) is 5.82 Å². The number of methoxy groups -OCH3 is 1. The van der Waals surface area contributed by atoms with E-state index in [0.717, 1.165) is 0 Å². The normalized spacial score (nSPS) is 12.7. The van der Waals surface area contributed by atoms with Crippen LogP contribution in [0.4, 0.5) is 4.39 Å². The maximum atomic E-state index is 13.3. The molecule has 1 rings (SSSR count). The van der Waals surface area contributed by atoms with E-state index in [1.165, 1.54) is 13.2 Å². The summed E-state index contributed by atoms with van der Waals surface area (Å²) >= 11 is 5.81. The van der Waals surface area contributed by atoms with Gasteiger partial charge in [0.15, 0.2) is 0 Å². The molecule has 72 valence electrons. The Labute approximate surface area is 81.4 Å². The largest absolute Gasteiger partial charge is 0.497 e. The molecule has 13 heavy (non-hydrogen) atoms. The third-order valence-corrected chi connectivity index (χ3v) is 2.06. The van der Waals surface area contributed by atoms with Crippen molar-refractivity contribution in [1.82, 2.24) is 0 Å². The Morgan fingerprint density at radius 3 is 2.54 bits per heavy atom. The Morgan fingerprint density at radius 1 is 1.54 bits per heavy atom. The van der Waals surface area contributed by atoms with Gasteiger partial charge in [0.1, 0.15) is 11.6 Å². The molecule has 2 nitrogen and oxygen atoms in total. The Kier molecular flexibility index (Phi) is 3.12. The first-order valence-electron chi connectivity index (χ1n) is 3.84. The Hall–Kier alpha value is -0.800. The van der Waals surface area contributed by atoms with Gasteiger partial charge in [-0.1, -0.05) is 11.6 Å². The van der Waals surface area contributed by atoms with Gasteiger partial charge >= 0.3 is 0 Å². The van der Waals surface area contributed by atoms with Crippen LogP contribution < -0.4 is 10.5 Å². The zero-order valence-corrected chi connectivity index (χ0v) is 8.23. The molecule has 1 atom stereocenters. The monoisotopic (exact) mass is 203 g/mol. The summed E-state index contributed by atoms with van der Waals surface area (Å²) in [6.07, 6.45) is 0. The summed E-state index contributed by atoms with van der Waals surface area (Å²) in [4.78, 5) is 0. The summed E-state index contributed by atoms with van der Waals surface area (Å²) in [5, 5.41) is 0.298. The van der Waals surface area contributed by atoms with E-state index < -0.39 is 11.9 Å². The number of rotatable bonds is 2. The molecule has 0 aliphatic heterocycles. The van der Waals surface area contributed by atoms with Crippen LogP contribution in [-0.4, -0.2) is 7.11 Å². The molecule has 4 heteroatoms. The van der Waals surface area contributed by atoms with Crippen LogP contribution in [0.3, 0.4) is 0 Å². The fourth-order valence-electron chi connectivity index (χ4n) is 1.11. The Morgan fingerprint density at radius 2 is 2.15 bits per heavy atom. The lowest BCUT2D eigenvalue weighted by Crippen LogP contribution is -2.08. The predicted octanol–water partition coefficient (Wildman–Crippen LogP) is 2.51. The fourth-order valence-corrected chi connectivity index (χ4v) is 1.48. The van der Waals surface area contributed by atoms with E-state index in [4.69, 9.17) is 22.1 Å². The van der Waals surface area contributed by atoms with Gasteiger partial charge in [0.25, 0.3) is 0 Å². The fraction of sp³-hybridized carbons (Fsp3) is 0.333. The molecule has 0 fully saturated rings. The number of halogens is 2. The topological polar surface area (TPSA) is 35.2 Å². The molecule has 0 aliphatic rings. The quantitative estimate of drug-likeness (QED) is 0.802. The maximum absolute atomic E-state index is 13.3. The van der Waals surface area contributed by atoms with Gasteiger partial charge in [-0.05, 0) is 13.0 Å². The zero-order chi connectivity index (χ0) is 10.0. The summed E-state index contributed by atoms with van der Waals surface area (Å²) in [5.41, 5.74) is 5.86. The van der Waals surface area contributed by atoms with E-state index in [1.807, 2.05) is 0 Å². The third kappa shape index (κ3) is 2.11. The summed E-state index contributed by atoms with van der Waals surface area (Å²) < 4.78 is 18.1. The highest BCUT2D eigenvalue weighted by atomic mass is 35.5. The Bertz CT molecular complexity index is 291. The molecule has 0 saturated carbocycles. The van der Waals surface area contributed by atoms with Crippen LogP contribution in [0.25, 0.3) is 0 Å². The van der Waals surface area contributed by atoms with Gasteiger partial charge in [0, 0.05) is 17.7 Å². The van der Waals surface area contributed by atoms with E-state index in [9.17, 15) is 4.39 Å². The molecule has 0 amide bonds. The lowest BCUT2D eigenvalue weighted by molar-refractivity contribution is 0.410. The van der Waals surface area contributed by atoms with Crippen molar-refractivity contribution in [3.8, 4) is 5.75 Å². The molecule has 1 aromatic carbocycles. The number of benzene rings is 1. The standard InChI is InChI=1S/C9H11ClFNO/c1-5(12)9-7(10)3-6(13-2)4-8(9)11/h3-5H,12H2,1-2H3. The molecule has 0 aliphatic carbocycles. The lowest BCUT2D eigenvalue weighted by Gasteiger charge is -2.10. The van der Waals surface area contributed by atoms with E-state index in [-0.39, 0.29) is 0 Å². The Balaban J connectivity index is 3.23. The van der Waals surface area contributed by atoms with Crippen LogP contribution in [0.1, 0.15) is 18.5 Å². The second kappa shape index (κ2) is 3.94. The summed E-state index contributed by atoms with van der Waals surface area (Å²) in [7, 11) is 1.46. The zero-order valence-electron chi connectivity index (χ0n) is 7.47. The minimum absolute atomic E-state index is 0.298. The summed E-state index contributed by atoms with van der Waals surface area (Å²) in [5.74, 6) is -0.0359. The molecule has 1 aromatic rings. The smallest absolute Gasteiger partial charge is 0.133 e. The molecule has 2 N–H and O–H groups in total. The van der Waals surface area contributed by atoms with Crippen LogP contribution in [0.2, 0.25) is 5.02 Å². The molecular weight excluding hydrogens is 193 g/mol. The first-order valence-corrected chi connectivity index (χ1v) is 4.22. The van der Waals surface area contributed by atoms with E-state index in [0.29, 0.717) is 16.3 Å². The number of nitrogens with two attached hydrogens (primary N) is 1. The minimum atomic E-state index is -0.431. The van der Waals surface area contributed by atoms with Crippen LogP contribution in [-0.2, 0) is 0 Å². The second-order valence-corrected chi connectivity index (χ2v) is 3.20. The van der Waals surface area contributed by atoms with Crippen molar-refractivity contribution in [2.75, 3.05) is 7.11 Å².